The van der Waals surface area contributed by atoms with Crippen molar-refractivity contribution >= 4 is 29.1 Å². The van der Waals surface area contributed by atoms with Gasteiger partial charge in [0.25, 0.3) is 11.2 Å². The molecule has 1 atom stereocenters. The summed E-state index contributed by atoms with van der Waals surface area (Å²) in [7, 11) is 0. The molecule has 35 heavy (non-hydrogen) atoms. The van der Waals surface area contributed by atoms with Crippen molar-refractivity contribution in [1.29, 1.82) is 0 Å². The summed E-state index contributed by atoms with van der Waals surface area (Å²) >= 11 is 1.43. The van der Waals surface area contributed by atoms with Crippen molar-refractivity contribution in [2.75, 3.05) is 5.32 Å². The molecule has 0 saturated carbocycles. The zero-order chi connectivity index (χ0) is 24.7. The van der Waals surface area contributed by atoms with E-state index in [2.05, 4.69) is 10.3 Å². The molecular formula is C26H24N4O4S. The fourth-order valence-corrected chi connectivity index (χ4v) is 5.63. The van der Waals surface area contributed by atoms with E-state index >= 15 is 0 Å². The largest absolute Gasteiger partial charge is 0.343 e. The van der Waals surface area contributed by atoms with Gasteiger partial charge in [-0.05, 0) is 23.0 Å². The van der Waals surface area contributed by atoms with Crippen LogP contribution in [-0.4, -0.2) is 20.7 Å². The molecule has 0 amide bonds. The number of aromatic amines is 1. The van der Waals surface area contributed by atoms with Gasteiger partial charge in [-0.2, -0.15) is 0 Å². The van der Waals surface area contributed by atoms with Gasteiger partial charge in [0.2, 0.25) is 0 Å². The van der Waals surface area contributed by atoms with E-state index in [-0.39, 0.29) is 22.4 Å². The number of nitro benzene ring substituents is 1. The minimum Gasteiger partial charge on any atom is -0.343 e. The van der Waals surface area contributed by atoms with E-state index < -0.39 is 10.8 Å². The van der Waals surface area contributed by atoms with Crippen LogP contribution in [0.15, 0.2) is 75.8 Å². The first-order valence-electron chi connectivity index (χ1n) is 11.3. The second-order valence-electron chi connectivity index (χ2n) is 9.65. The molecule has 2 N–H and O–H groups in total. The summed E-state index contributed by atoms with van der Waals surface area (Å²) in [5.41, 5.74) is 2.82. The van der Waals surface area contributed by atoms with Crippen LogP contribution in [0.2, 0.25) is 0 Å². The van der Waals surface area contributed by atoms with Gasteiger partial charge in [-0.25, -0.2) is 4.98 Å². The molecule has 3 aromatic rings. The highest BCUT2D eigenvalue weighted by Crippen LogP contribution is 2.47. The summed E-state index contributed by atoms with van der Waals surface area (Å²) in [6.07, 6.45) is 1.00. The first-order valence-corrected chi connectivity index (χ1v) is 12.3. The molecule has 8 nitrogen and oxygen atoms in total. The predicted octanol–water partition coefficient (Wildman–Crippen LogP) is 5.17. The van der Waals surface area contributed by atoms with E-state index in [1.54, 1.807) is 12.1 Å². The molecule has 0 saturated heterocycles. The van der Waals surface area contributed by atoms with Crippen LogP contribution in [0.3, 0.4) is 0 Å². The van der Waals surface area contributed by atoms with E-state index in [0.717, 1.165) is 11.3 Å². The normalized spacial score (nSPS) is 18.5. The highest BCUT2D eigenvalue weighted by Gasteiger charge is 2.42. The number of benzene rings is 2. The van der Waals surface area contributed by atoms with Gasteiger partial charge in [0.15, 0.2) is 10.9 Å². The van der Waals surface area contributed by atoms with Gasteiger partial charge in [-0.1, -0.05) is 68.1 Å². The van der Waals surface area contributed by atoms with E-state index in [0.29, 0.717) is 46.3 Å². The van der Waals surface area contributed by atoms with Gasteiger partial charge in [0.05, 0.1) is 10.5 Å². The molecule has 1 unspecified atom stereocenters. The summed E-state index contributed by atoms with van der Waals surface area (Å²) in [4.78, 5) is 45.0. The molecular weight excluding hydrogens is 464 g/mol. The molecule has 0 spiro atoms. The Morgan fingerprint density at radius 3 is 2.49 bits per heavy atom. The summed E-state index contributed by atoms with van der Waals surface area (Å²) in [5.74, 6) is 0.403. The van der Waals surface area contributed by atoms with Crippen LogP contribution < -0.4 is 10.9 Å². The van der Waals surface area contributed by atoms with Crippen molar-refractivity contribution in [1.82, 2.24) is 9.97 Å². The van der Waals surface area contributed by atoms with Crippen LogP contribution in [0, 0.1) is 15.5 Å². The monoisotopic (exact) mass is 488 g/mol. The fourth-order valence-electron chi connectivity index (χ4n) is 4.81. The number of Topliss-reactive ketones (excluding diaryl/α,β-unsaturated/α-hetero) is 1. The Kier molecular flexibility index (Phi) is 5.80. The number of fused-ring (bicyclic) bond motifs is 1. The number of nitrogens with one attached hydrogen (secondary N) is 2. The number of hydrogen-bond acceptors (Lipinski definition) is 7. The minimum absolute atomic E-state index is 0.0281. The number of carbonyl (C=O) groups excluding carboxylic acids is 1. The average Bonchev–Trinajstić information content (AvgIpc) is 2.81. The van der Waals surface area contributed by atoms with Crippen LogP contribution in [0.25, 0.3) is 0 Å². The molecule has 9 heteroatoms. The standard InChI is InChI=1S/C26H24N4O4S/c1-26(2)12-18-21(19(31)13-26)20(16-8-10-17(11-9-16)30(33)34)22-23(27-18)28-25(29-24(22)32)35-14-15-6-4-3-5-7-15/h3-11,20H,12-14H2,1-2H3,(H2,27,28,29,32). The molecule has 2 aliphatic rings. The van der Waals surface area contributed by atoms with Gasteiger partial charge in [0, 0.05) is 41.5 Å². The number of aromatic nitrogens is 2. The zero-order valence-corrected chi connectivity index (χ0v) is 20.1. The molecule has 0 bridgehead atoms. The maximum absolute atomic E-state index is 13.4. The van der Waals surface area contributed by atoms with E-state index in [1.807, 2.05) is 44.2 Å². The smallest absolute Gasteiger partial charge is 0.269 e. The van der Waals surface area contributed by atoms with Crippen LogP contribution in [0.4, 0.5) is 11.5 Å². The second kappa shape index (κ2) is 8.81. The van der Waals surface area contributed by atoms with Crippen molar-refractivity contribution in [3.8, 4) is 0 Å². The molecule has 1 aromatic heterocycles. The molecule has 2 heterocycles. The second-order valence-corrected chi connectivity index (χ2v) is 10.6. The minimum atomic E-state index is -0.643. The Hall–Kier alpha value is -3.72. The lowest BCUT2D eigenvalue weighted by atomic mass is 9.69. The van der Waals surface area contributed by atoms with Crippen LogP contribution >= 0.6 is 11.8 Å². The number of thioether (sulfide) groups is 1. The Balaban J connectivity index is 1.59. The van der Waals surface area contributed by atoms with Crippen molar-refractivity contribution in [3.63, 3.8) is 0 Å². The number of allylic oxidation sites excluding steroid dienone is 2. The van der Waals surface area contributed by atoms with Gasteiger partial charge in [-0.3, -0.25) is 19.7 Å². The summed E-state index contributed by atoms with van der Waals surface area (Å²) < 4.78 is 0. The number of carbonyl (C=O) groups is 1. The lowest BCUT2D eigenvalue weighted by Crippen LogP contribution is -2.37. The topological polar surface area (TPSA) is 118 Å². The molecule has 1 aliphatic heterocycles. The highest BCUT2D eigenvalue weighted by molar-refractivity contribution is 7.98. The first kappa shape index (κ1) is 23.0. The number of hydrogen-bond donors (Lipinski definition) is 2. The van der Waals surface area contributed by atoms with Crippen LogP contribution in [0.1, 0.15) is 49.3 Å². The molecule has 5 rings (SSSR count). The van der Waals surface area contributed by atoms with Crippen LogP contribution in [-0.2, 0) is 10.5 Å². The molecule has 0 radical (unpaired) electrons. The van der Waals surface area contributed by atoms with Crippen molar-refractivity contribution in [3.05, 3.63) is 103 Å². The average molecular weight is 489 g/mol. The van der Waals surface area contributed by atoms with E-state index in [4.69, 9.17) is 4.98 Å². The Morgan fingerprint density at radius 1 is 1.09 bits per heavy atom. The number of nitro groups is 1. The van der Waals surface area contributed by atoms with Crippen molar-refractivity contribution < 1.29 is 9.72 Å². The first-order chi connectivity index (χ1) is 16.7. The summed E-state index contributed by atoms with van der Waals surface area (Å²) in [6, 6.07) is 15.9. The molecule has 178 valence electrons. The molecule has 0 fully saturated rings. The quantitative estimate of drug-likeness (QED) is 0.220. The third kappa shape index (κ3) is 4.51. The van der Waals surface area contributed by atoms with Gasteiger partial charge in [0.1, 0.15) is 5.82 Å². The SMILES string of the molecule is CC1(C)CC(=O)C2=C(C1)Nc1nc(SCc3ccccc3)[nH]c(=O)c1C2c1ccc([N+](=O)[O-])cc1. The number of H-pyrrole nitrogens is 1. The predicted molar refractivity (Wildman–Crippen MR) is 134 cm³/mol. The third-order valence-corrected chi connectivity index (χ3v) is 7.30. The molecule has 1 aliphatic carbocycles. The maximum atomic E-state index is 13.4. The lowest BCUT2D eigenvalue weighted by Gasteiger charge is -2.38. The van der Waals surface area contributed by atoms with Crippen LogP contribution in [0.5, 0.6) is 0 Å². The summed E-state index contributed by atoms with van der Waals surface area (Å²) in [6.45, 7) is 4.08. The van der Waals surface area contributed by atoms with Gasteiger partial charge < -0.3 is 10.3 Å². The van der Waals surface area contributed by atoms with Crippen molar-refractivity contribution in [2.24, 2.45) is 5.41 Å². The van der Waals surface area contributed by atoms with E-state index in [1.165, 1.54) is 23.9 Å². The lowest BCUT2D eigenvalue weighted by molar-refractivity contribution is -0.384. The number of anilines is 1. The zero-order valence-electron chi connectivity index (χ0n) is 19.3. The highest BCUT2D eigenvalue weighted by atomic mass is 32.2. The number of rotatable bonds is 5. The van der Waals surface area contributed by atoms with E-state index in [9.17, 15) is 19.7 Å². The van der Waals surface area contributed by atoms with Gasteiger partial charge in [-0.15, -0.1) is 0 Å². The van der Waals surface area contributed by atoms with Gasteiger partial charge >= 0.3 is 0 Å². The number of nitrogens with zero attached hydrogens (tertiary/aromatic N) is 2. The number of ketones is 1. The number of non-ortho nitro benzene ring substituents is 1. The Morgan fingerprint density at radius 2 is 1.80 bits per heavy atom. The maximum Gasteiger partial charge on any atom is 0.269 e. The Bertz CT molecular complexity index is 1410. The fraction of sp³-hybridized carbons (Fsp3) is 0.269. The summed E-state index contributed by atoms with van der Waals surface area (Å²) in [5, 5.41) is 14.9. The molecule has 2 aromatic carbocycles. The Labute approximate surface area is 206 Å². The third-order valence-electron chi connectivity index (χ3n) is 6.36. The van der Waals surface area contributed by atoms with Crippen molar-refractivity contribution in [2.45, 2.75) is 43.5 Å².